The van der Waals surface area contributed by atoms with Crippen LogP contribution in [0.3, 0.4) is 0 Å². The smallest absolute Gasteiger partial charge is 0.0666 e. The maximum absolute atomic E-state index is 5.23. The minimum Gasteiger partial charge on any atom is -0.380 e. The molecule has 0 unspecified atom stereocenters. The third-order valence-corrected chi connectivity index (χ3v) is 3.09. The van der Waals surface area contributed by atoms with E-state index < -0.39 is 0 Å². The number of ether oxygens (including phenoxy) is 1. The van der Waals surface area contributed by atoms with Gasteiger partial charge in [-0.15, -0.1) is 0 Å². The van der Waals surface area contributed by atoms with Crippen LogP contribution in [-0.4, -0.2) is 29.5 Å². The van der Waals surface area contributed by atoms with Crippen LogP contribution in [0, 0.1) is 5.41 Å². The van der Waals surface area contributed by atoms with Crippen LogP contribution in [0.4, 0.5) is 0 Å². The summed E-state index contributed by atoms with van der Waals surface area (Å²) in [6, 6.07) is 0. The molecular weight excluding hydrogens is 202 g/mol. The maximum atomic E-state index is 5.23. The fourth-order valence-electron chi connectivity index (χ4n) is 2.08. The Hall–Kier alpha value is -0.870. The van der Waals surface area contributed by atoms with Gasteiger partial charge in [0.05, 0.1) is 18.9 Å². The lowest BCUT2D eigenvalue weighted by atomic mass is 9.89. The Balaban J connectivity index is 1.84. The van der Waals surface area contributed by atoms with Gasteiger partial charge in [-0.25, -0.2) is 0 Å². The number of aromatic nitrogens is 2. The minimum atomic E-state index is 0.342. The van der Waals surface area contributed by atoms with Crippen LogP contribution in [0.15, 0.2) is 6.20 Å². The average molecular weight is 223 g/mol. The average Bonchev–Trinajstić information content (AvgIpc) is 2.56. The molecule has 1 N–H and O–H groups in total. The van der Waals surface area contributed by atoms with Crippen LogP contribution >= 0.6 is 0 Å². The molecule has 0 amide bonds. The molecule has 2 rings (SSSR count). The third-order valence-electron chi connectivity index (χ3n) is 3.09. The Morgan fingerprint density at radius 2 is 2.31 bits per heavy atom. The summed E-state index contributed by atoms with van der Waals surface area (Å²) >= 11 is 0. The Morgan fingerprint density at radius 1 is 1.56 bits per heavy atom. The molecule has 0 atom stereocenters. The van der Waals surface area contributed by atoms with Gasteiger partial charge in [-0.2, -0.15) is 5.10 Å². The predicted molar refractivity (Wildman–Crippen MR) is 63.2 cm³/mol. The summed E-state index contributed by atoms with van der Waals surface area (Å²) < 4.78 is 7.13. The zero-order valence-corrected chi connectivity index (χ0v) is 10.4. The number of aryl methyl sites for hydroxylation is 2. The molecule has 4 heteroatoms. The molecule has 16 heavy (non-hydrogen) atoms. The summed E-state index contributed by atoms with van der Waals surface area (Å²) in [7, 11) is 1.98. The second-order valence-electron chi connectivity index (χ2n) is 5.04. The summed E-state index contributed by atoms with van der Waals surface area (Å²) in [5.41, 5.74) is 2.85. The summed E-state index contributed by atoms with van der Waals surface area (Å²) in [4.78, 5) is 0. The molecule has 0 aliphatic carbocycles. The van der Waals surface area contributed by atoms with Gasteiger partial charge in [0.15, 0.2) is 0 Å². The molecule has 2 heterocycles. The van der Waals surface area contributed by atoms with E-state index in [-0.39, 0.29) is 0 Å². The Labute approximate surface area is 97.0 Å². The molecule has 1 saturated heterocycles. The van der Waals surface area contributed by atoms with Crippen LogP contribution in [0.1, 0.15) is 25.1 Å². The van der Waals surface area contributed by atoms with Gasteiger partial charge in [-0.05, 0) is 6.42 Å². The lowest BCUT2D eigenvalue weighted by molar-refractivity contribution is -0.0991. The van der Waals surface area contributed by atoms with Gasteiger partial charge in [-0.1, -0.05) is 13.8 Å². The number of nitrogens with zero attached hydrogens (tertiary/aromatic N) is 2. The second-order valence-corrected chi connectivity index (χ2v) is 5.04. The lowest BCUT2D eigenvalue weighted by Gasteiger charge is -2.38. The summed E-state index contributed by atoms with van der Waals surface area (Å²) in [5, 5.41) is 7.93. The molecule has 0 bridgehead atoms. The highest BCUT2D eigenvalue weighted by Gasteiger charge is 2.32. The van der Waals surface area contributed by atoms with E-state index in [4.69, 9.17) is 4.74 Å². The van der Waals surface area contributed by atoms with Gasteiger partial charge >= 0.3 is 0 Å². The molecule has 0 saturated carbocycles. The summed E-state index contributed by atoms with van der Waals surface area (Å²) in [6.07, 6.45) is 3.10. The Morgan fingerprint density at radius 3 is 2.88 bits per heavy atom. The van der Waals surface area contributed by atoms with E-state index in [1.165, 1.54) is 11.3 Å². The molecule has 1 fully saturated rings. The molecule has 4 nitrogen and oxygen atoms in total. The molecule has 1 aliphatic rings. The van der Waals surface area contributed by atoms with Crippen LogP contribution < -0.4 is 5.32 Å². The molecule has 1 aromatic heterocycles. The molecule has 1 aliphatic heterocycles. The first-order valence-corrected chi connectivity index (χ1v) is 5.93. The highest BCUT2D eigenvalue weighted by molar-refractivity contribution is 5.16. The van der Waals surface area contributed by atoms with Gasteiger partial charge in [0.25, 0.3) is 0 Å². The standard InChI is InChI=1S/C12H21N3O/c1-4-11-10(6-15(3)14-11)5-13-7-12(2)8-16-9-12/h6,13H,4-5,7-9H2,1-3H3. The van der Waals surface area contributed by atoms with E-state index >= 15 is 0 Å². The Bertz CT molecular complexity index is 355. The summed E-state index contributed by atoms with van der Waals surface area (Å²) in [5.74, 6) is 0. The highest BCUT2D eigenvalue weighted by Crippen LogP contribution is 2.25. The molecular formula is C12H21N3O. The number of hydrogen-bond acceptors (Lipinski definition) is 3. The second kappa shape index (κ2) is 4.55. The maximum Gasteiger partial charge on any atom is 0.0666 e. The number of rotatable bonds is 5. The first kappa shape index (κ1) is 11.6. The fraction of sp³-hybridized carbons (Fsp3) is 0.750. The van der Waals surface area contributed by atoms with Gasteiger partial charge in [0.2, 0.25) is 0 Å². The van der Waals surface area contributed by atoms with Crippen molar-refractivity contribution in [2.45, 2.75) is 26.8 Å². The van der Waals surface area contributed by atoms with Crippen molar-refractivity contribution >= 4 is 0 Å². The third kappa shape index (κ3) is 2.44. The van der Waals surface area contributed by atoms with Gasteiger partial charge in [-0.3, -0.25) is 4.68 Å². The van der Waals surface area contributed by atoms with Gasteiger partial charge in [0, 0.05) is 37.3 Å². The molecule has 0 radical (unpaired) electrons. The molecule has 1 aromatic rings. The van der Waals surface area contributed by atoms with E-state index in [1.54, 1.807) is 0 Å². The zero-order chi connectivity index (χ0) is 11.6. The first-order chi connectivity index (χ1) is 7.63. The van der Waals surface area contributed by atoms with Crippen LogP contribution in [0.5, 0.6) is 0 Å². The van der Waals surface area contributed by atoms with Crippen molar-refractivity contribution in [2.24, 2.45) is 12.5 Å². The number of nitrogens with one attached hydrogen (secondary N) is 1. The highest BCUT2D eigenvalue weighted by atomic mass is 16.5. The van der Waals surface area contributed by atoms with Crippen molar-refractivity contribution < 1.29 is 4.74 Å². The fourth-order valence-corrected chi connectivity index (χ4v) is 2.08. The SMILES string of the molecule is CCc1nn(C)cc1CNCC1(C)COC1. The normalized spacial score (nSPS) is 18.4. The molecule has 90 valence electrons. The van der Waals surface area contributed by atoms with E-state index in [0.29, 0.717) is 5.41 Å². The van der Waals surface area contributed by atoms with E-state index in [0.717, 1.165) is 32.7 Å². The van der Waals surface area contributed by atoms with Crippen LogP contribution in [-0.2, 0) is 24.8 Å². The topological polar surface area (TPSA) is 39.1 Å². The Kier molecular flexibility index (Phi) is 3.30. The summed E-state index contributed by atoms with van der Waals surface area (Å²) in [6.45, 7) is 8.10. The largest absolute Gasteiger partial charge is 0.380 e. The van der Waals surface area contributed by atoms with E-state index in [2.05, 4.69) is 30.5 Å². The number of hydrogen-bond donors (Lipinski definition) is 1. The van der Waals surface area contributed by atoms with Crippen molar-refractivity contribution in [3.63, 3.8) is 0 Å². The lowest BCUT2D eigenvalue weighted by Crippen LogP contribution is -2.47. The quantitative estimate of drug-likeness (QED) is 0.812. The zero-order valence-electron chi connectivity index (χ0n) is 10.4. The van der Waals surface area contributed by atoms with Crippen LogP contribution in [0.25, 0.3) is 0 Å². The van der Waals surface area contributed by atoms with Crippen LogP contribution in [0.2, 0.25) is 0 Å². The van der Waals surface area contributed by atoms with E-state index in [1.807, 2.05) is 11.7 Å². The van der Waals surface area contributed by atoms with Crippen molar-refractivity contribution in [3.05, 3.63) is 17.5 Å². The van der Waals surface area contributed by atoms with Gasteiger partial charge < -0.3 is 10.1 Å². The first-order valence-electron chi connectivity index (χ1n) is 5.93. The monoisotopic (exact) mass is 223 g/mol. The molecule has 0 spiro atoms. The van der Waals surface area contributed by atoms with Crippen molar-refractivity contribution in [1.82, 2.24) is 15.1 Å². The minimum absolute atomic E-state index is 0.342. The van der Waals surface area contributed by atoms with Crippen molar-refractivity contribution in [2.75, 3.05) is 19.8 Å². The molecule has 0 aromatic carbocycles. The van der Waals surface area contributed by atoms with Gasteiger partial charge in [0.1, 0.15) is 0 Å². The van der Waals surface area contributed by atoms with Crippen molar-refractivity contribution in [3.8, 4) is 0 Å². The van der Waals surface area contributed by atoms with Crippen molar-refractivity contribution in [1.29, 1.82) is 0 Å². The van der Waals surface area contributed by atoms with E-state index in [9.17, 15) is 0 Å². The predicted octanol–water partition coefficient (Wildman–Crippen LogP) is 1.11.